The Morgan fingerprint density at radius 2 is 1.88 bits per heavy atom. The van der Waals surface area contributed by atoms with Crippen LogP contribution in [0.15, 0.2) is 24.3 Å². The number of carbonyl (C=O) groups is 2. The molecule has 1 N–H and O–H groups in total. The fourth-order valence-electron chi connectivity index (χ4n) is 2.76. The second kappa shape index (κ2) is 10.0. The molecule has 0 spiro atoms. The molecule has 1 heterocycles. The lowest BCUT2D eigenvalue weighted by Gasteiger charge is -2.32. The molecule has 0 atom stereocenters. The normalized spacial score (nSPS) is 15.0. The van der Waals surface area contributed by atoms with Crippen LogP contribution in [0.1, 0.15) is 23.2 Å². The van der Waals surface area contributed by atoms with Gasteiger partial charge in [-0.1, -0.05) is 12.1 Å². The molecule has 2 rings (SSSR count). The fraction of sp³-hybridized carbons (Fsp3) is 0.556. The number of benzene rings is 1. The zero-order valence-electron chi connectivity index (χ0n) is 14.8. The third-order valence-corrected chi connectivity index (χ3v) is 4.19. The molecule has 1 aromatic rings. The van der Waals surface area contributed by atoms with Crippen molar-refractivity contribution in [2.45, 2.75) is 18.9 Å². The van der Waals surface area contributed by atoms with Crippen LogP contribution in [0.5, 0.6) is 5.75 Å². The maximum atomic E-state index is 12.4. The molecule has 0 unspecified atom stereocenters. The lowest BCUT2D eigenvalue weighted by Crippen LogP contribution is -2.47. The van der Waals surface area contributed by atoms with Gasteiger partial charge in [-0.3, -0.25) is 9.59 Å². The van der Waals surface area contributed by atoms with Crippen molar-refractivity contribution in [2.24, 2.45) is 0 Å². The summed E-state index contributed by atoms with van der Waals surface area (Å²) in [5.74, 6) is 0.386. The van der Waals surface area contributed by atoms with E-state index in [1.165, 1.54) is 0 Å². The van der Waals surface area contributed by atoms with E-state index in [0.29, 0.717) is 37.6 Å². The highest BCUT2D eigenvalue weighted by Crippen LogP contribution is 2.18. The Labute approximate surface area is 148 Å². The number of rotatable bonds is 8. The number of carbonyl (C=O) groups excluding carboxylic acids is 2. The van der Waals surface area contributed by atoms with E-state index in [2.05, 4.69) is 5.32 Å². The summed E-state index contributed by atoms with van der Waals surface area (Å²) in [6.45, 7) is 2.19. The Hall–Kier alpha value is -2.12. The molecule has 25 heavy (non-hydrogen) atoms. The number of nitrogens with one attached hydrogen (secondary N) is 1. The summed E-state index contributed by atoms with van der Waals surface area (Å²) in [5.41, 5.74) is 0.523. The number of para-hydroxylation sites is 1. The molecule has 0 bridgehead atoms. The van der Waals surface area contributed by atoms with Crippen LogP contribution in [0.25, 0.3) is 0 Å². The maximum absolute atomic E-state index is 12.4. The van der Waals surface area contributed by atoms with Crippen LogP contribution in [-0.2, 0) is 14.3 Å². The van der Waals surface area contributed by atoms with Crippen molar-refractivity contribution in [1.82, 2.24) is 10.2 Å². The number of piperidine rings is 1. The van der Waals surface area contributed by atoms with Crippen molar-refractivity contribution in [3.05, 3.63) is 29.8 Å². The first-order chi connectivity index (χ1) is 12.2. The van der Waals surface area contributed by atoms with Gasteiger partial charge in [-0.05, 0) is 25.0 Å². The molecule has 1 saturated heterocycles. The van der Waals surface area contributed by atoms with Crippen molar-refractivity contribution in [3.8, 4) is 5.75 Å². The molecule has 138 valence electrons. The largest absolute Gasteiger partial charge is 0.496 e. The Balaban J connectivity index is 1.76. The summed E-state index contributed by atoms with van der Waals surface area (Å²) in [4.78, 5) is 26.2. The van der Waals surface area contributed by atoms with Crippen LogP contribution >= 0.6 is 0 Å². The van der Waals surface area contributed by atoms with Crippen molar-refractivity contribution < 1.29 is 23.8 Å². The second-order valence-corrected chi connectivity index (χ2v) is 5.87. The SMILES string of the molecule is COCCOCC(=O)N1CCC(NC(=O)c2ccccc2OC)CC1. The van der Waals surface area contributed by atoms with E-state index < -0.39 is 0 Å². The first-order valence-corrected chi connectivity index (χ1v) is 8.44. The van der Waals surface area contributed by atoms with E-state index in [-0.39, 0.29) is 24.5 Å². The average molecular weight is 350 g/mol. The minimum atomic E-state index is -0.148. The van der Waals surface area contributed by atoms with Crippen molar-refractivity contribution in [3.63, 3.8) is 0 Å². The summed E-state index contributed by atoms with van der Waals surface area (Å²) in [5, 5.41) is 3.02. The van der Waals surface area contributed by atoms with Gasteiger partial charge in [0.05, 0.1) is 25.9 Å². The number of hydrogen-bond acceptors (Lipinski definition) is 5. The average Bonchev–Trinajstić information content (AvgIpc) is 2.65. The number of hydrogen-bond donors (Lipinski definition) is 1. The molecule has 0 aliphatic carbocycles. The van der Waals surface area contributed by atoms with Gasteiger partial charge in [0.1, 0.15) is 12.4 Å². The van der Waals surface area contributed by atoms with Gasteiger partial charge in [-0.2, -0.15) is 0 Å². The molecule has 7 nitrogen and oxygen atoms in total. The summed E-state index contributed by atoms with van der Waals surface area (Å²) in [6, 6.07) is 7.19. The summed E-state index contributed by atoms with van der Waals surface area (Å²) in [6.07, 6.45) is 1.45. The molecule has 0 radical (unpaired) electrons. The standard InChI is InChI=1S/C18H26N2O5/c1-23-11-12-25-13-17(21)20-9-7-14(8-10-20)19-18(22)15-5-3-4-6-16(15)24-2/h3-6,14H,7-13H2,1-2H3,(H,19,22). The predicted molar refractivity (Wildman–Crippen MR) is 92.8 cm³/mol. The molecular formula is C18H26N2O5. The van der Waals surface area contributed by atoms with Gasteiger partial charge < -0.3 is 24.4 Å². The molecule has 0 saturated carbocycles. The Morgan fingerprint density at radius 1 is 1.16 bits per heavy atom. The number of methoxy groups -OCH3 is 2. The smallest absolute Gasteiger partial charge is 0.255 e. The van der Waals surface area contributed by atoms with Crippen LogP contribution in [0.4, 0.5) is 0 Å². The van der Waals surface area contributed by atoms with Crippen molar-refractivity contribution in [2.75, 3.05) is 47.1 Å². The Morgan fingerprint density at radius 3 is 2.56 bits per heavy atom. The molecule has 1 aromatic carbocycles. The summed E-state index contributed by atoms with van der Waals surface area (Å²) >= 11 is 0. The number of amides is 2. The lowest BCUT2D eigenvalue weighted by molar-refractivity contribution is -0.137. The highest BCUT2D eigenvalue weighted by Gasteiger charge is 2.24. The van der Waals surface area contributed by atoms with Crippen LogP contribution < -0.4 is 10.1 Å². The second-order valence-electron chi connectivity index (χ2n) is 5.87. The zero-order valence-corrected chi connectivity index (χ0v) is 14.8. The van der Waals surface area contributed by atoms with Gasteiger partial charge in [0.15, 0.2) is 0 Å². The maximum Gasteiger partial charge on any atom is 0.255 e. The van der Waals surface area contributed by atoms with Crippen LogP contribution in [-0.4, -0.2) is 69.9 Å². The van der Waals surface area contributed by atoms with Gasteiger partial charge in [-0.25, -0.2) is 0 Å². The quantitative estimate of drug-likeness (QED) is 0.710. The van der Waals surface area contributed by atoms with Crippen LogP contribution in [0, 0.1) is 0 Å². The molecule has 0 aromatic heterocycles. The van der Waals surface area contributed by atoms with E-state index >= 15 is 0 Å². The fourth-order valence-corrected chi connectivity index (χ4v) is 2.76. The highest BCUT2D eigenvalue weighted by molar-refractivity contribution is 5.97. The number of likely N-dealkylation sites (tertiary alicyclic amines) is 1. The molecule has 2 amide bonds. The zero-order chi connectivity index (χ0) is 18.1. The minimum absolute atomic E-state index is 0.0226. The van der Waals surface area contributed by atoms with Crippen molar-refractivity contribution >= 4 is 11.8 Å². The predicted octanol–water partition coefficient (Wildman–Crippen LogP) is 1.08. The van der Waals surface area contributed by atoms with Crippen LogP contribution in [0.2, 0.25) is 0 Å². The first-order valence-electron chi connectivity index (χ1n) is 8.44. The molecule has 1 aliphatic heterocycles. The van der Waals surface area contributed by atoms with E-state index in [9.17, 15) is 9.59 Å². The highest BCUT2D eigenvalue weighted by atomic mass is 16.5. The molecular weight excluding hydrogens is 324 g/mol. The summed E-state index contributed by atoms with van der Waals surface area (Å²) in [7, 11) is 3.14. The number of ether oxygens (including phenoxy) is 3. The van der Waals surface area contributed by atoms with Gasteiger partial charge in [0, 0.05) is 26.2 Å². The monoisotopic (exact) mass is 350 g/mol. The van der Waals surface area contributed by atoms with Crippen molar-refractivity contribution in [1.29, 1.82) is 0 Å². The molecule has 1 fully saturated rings. The Kier molecular flexibility index (Phi) is 7.69. The van der Waals surface area contributed by atoms with Gasteiger partial charge in [0.25, 0.3) is 5.91 Å². The van der Waals surface area contributed by atoms with E-state index in [4.69, 9.17) is 14.2 Å². The molecule has 7 heteroatoms. The molecule has 1 aliphatic rings. The minimum Gasteiger partial charge on any atom is -0.496 e. The van der Waals surface area contributed by atoms with Gasteiger partial charge >= 0.3 is 0 Å². The Bertz CT molecular complexity index is 570. The van der Waals surface area contributed by atoms with E-state index in [1.807, 2.05) is 12.1 Å². The van der Waals surface area contributed by atoms with Crippen LogP contribution in [0.3, 0.4) is 0 Å². The number of nitrogens with zero attached hydrogens (tertiary/aromatic N) is 1. The third-order valence-electron chi connectivity index (χ3n) is 4.19. The third kappa shape index (κ3) is 5.72. The van der Waals surface area contributed by atoms with E-state index in [0.717, 1.165) is 12.8 Å². The van der Waals surface area contributed by atoms with Gasteiger partial charge in [0.2, 0.25) is 5.91 Å². The topological polar surface area (TPSA) is 77.1 Å². The lowest BCUT2D eigenvalue weighted by atomic mass is 10.0. The van der Waals surface area contributed by atoms with Gasteiger partial charge in [-0.15, -0.1) is 0 Å². The first kappa shape index (κ1) is 19.2. The summed E-state index contributed by atoms with van der Waals surface area (Å²) < 4.78 is 15.4. The van der Waals surface area contributed by atoms with E-state index in [1.54, 1.807) is 31.3 Å².